The minimum atomic E-state index is -0.212. The summed E-state index contributed by atoms with van der Waals surface area (Å²) in [7, 11) is 0. The van der Waals surface area contributed by atoms with E-state index in [1.54, 1.807) is 0 Å². The number of nitrogens with one attached hydrogen (secondary N) is 1. The third kappa shape index (κ3) is 2.48. The second-order valence-corrected chi connectivity index (χ2v) is 5.64. The van der Waals surface area contributed by atoms with Crippen LogP contribution in [-0.4, -0.2) is 22.8 Å². The fourth-order valence-corrected chi connectivity index (χ4v) is 3.78. The van der Waals surface area contributed by atoms with Crippen LogP contribution in [0.25, 0.3) is 0 Å². The first-order chi connectivity index (χ1) is 8.22. The second kappa shape index (κ2) is 5.36. The zero-order valence-corrected chi connectivity index (χ0v) is 10.7. The summed E-state index contributed by atoms with van der Waals surface area (Å²) >= 11 is 0. The number of hydrogen-bond donors (Lipinski definition) is 2. The van der Waals surface area contributed by atoms with Crippen molar-refractivity contribution in [2.75, 3.05) is 0 Å². The van der Waals surface area contributed by atoms with Gasteiger partial charge in [0.2, 0.25) is 0 Å². The fraction of sp³-hybridized carbons (Fsp3) is 0.733. The van der Waals surface area contributed by atoms with Crippen molar-refractivity contribution in [3.05, 3.63) is 25.3 Å². The first-order valence-electron chi connectivity index (χ1n) is 6.91. The Bertz CT molecular complexity index is 285. The zero-order chi connectivity index (χ0) is 12.3. The molecule has 0 aromatic rings. The molecule has 96 valence electrons. The van der Waals surface area contributed by atoms with E-state index in [9.17, 15) is 5.11 Å². The van der Waals surface area contributed by atoms with Crippen LogP contribution in [0.4, 0.5) is 0 Å². The maximum absolute atomic E-state index is 10.2. The van der Waals surface area contributed by atoms with E-state index in [1.807, 2.05) is 12.2 Å². The van der Waals surface area contributed by atoms with Crippen molar-refractivity contribution in [1.82, 2.24) is 5.32 Å². The standard InChI is InChI=1S/C15H25NO/c1-3-7-12-8-5-10-15(16-12)11-6-9-14(17)13(15)4-2/h3-4,12-14,16-17H,1-2,5-11H2. The van der Waals surface area contributed by atoms with Gasteiger partial charge in [-0.1, -0.05) is 18.6 Å². The van der Waals surface area contributed by atoms with Crippen molar-refractivity contribution in [3.8, 4) is 0 Å². The molecule has 2 fully saturated rings. The number of piperidine rings is 1. The van der Waals surface area contributed by atoms with Gasteiger partial charge >= 0.3 is 0 Å². The SMILES string of the molecule is C=CCC1CCCC2(CCCC(O)C2C=C)N1. The molecule has 0 bridgehead atoms. The molecular formula is C15H25NO. The fourth-order valence-electron chi connectivity index (χ4n) is 3.78. The summed E-state index contributed by atoms with van der Waals surface area (Å²) in [5.41, 5.74) is 0.103. The maximum atomic E-state index is 10.2. The largest absolute Gasteiger partial charge is 0.392 e. The van der Waals surface area contributed by atoms with Crippen LogP contribution in [0.2, 0.25) is 0 Å². The van der Waals surface area contributed by atoms with E-state index in [-0.39, 0.29) is 17.6 Å². The first kappa shape index (κ1) is 12.8. The lowest BCUT2D eigenvalue weighted by Crippen LogP contribution is -2.61. The monoisotopic (exact) mass is 235 g/mol. The number of aliphatic hydroxyl groups excluding tert-OH is 1. The van der Waals surface area contributed by atoms with Gasteiger partial charge in [0.15, 0.2) is 0 Å². The van der Waals surface area contributed by atoms with Crippen LogP contribution in [0, 0.1) is 5.92 Å². The molecule has 2 heteroatoms. The minimum Gasteiger partial charge on any atom is -0.392 e. The Hall–Kier alpha value is -0.600. The minimum absolute atomic E-state index is 0.103. The smallest absolute Gasteiger partial charge is 0.0620 e. The molecule has 0 aromatic heterocycles. The van der Waals surface area contributed by atoms with Crippen molar-refractivity contribution in [2.45, 2.75) is 62.6 Å². The summed E-state index contributed by atoms with van der Waals surface area (Å²) in [4.78, 5) is 0. The van der Waals surface area contributed by atoms with Gasteiger partial charge in [-0.3, -0.25) is 0 Å². The molecule has 1 saturated carbocycles. The Morgan fingerprint density at radius 2 is 1.94 bits per heavy atom. The van der Waals surface area contributed by atoms with E-state index in [2.05, 4.69) is 18.5 Å². The molecule has 1 spiro atoms. The highest BCUT2D eigenvalue weighted by molar-refractivity contribution is 5.10. The summed E-state index contributed by atoms with van der Waals surface area (Å²) in [5, 5.41) is 14.0. The highest BCUT2D eigenvalue weighted by Gasteiger charge is 2.45. The van der Waals surface area contributed by atoms with Crippen LogP contribution in [0.3, 0.4) is 0 Å². The van der Waals surface area contributed by atoms with E-state index in [4.69, 9.17) is 0 Å². The second-order valence-electron chi connectivity index (χ2n) is 5.64. The molecule has 17 heavy (non-hydrogen) atoms. The average Bonchev–Trinajstić information content (AvgIpc) is 2.30. The Labute approximate surface area is 105 Å². The van der Waals surface area contributed by atoms with Crippen molar-refractivity contribution in [1.29, 1.82) is 0 Å². The number of aliphatic hydroxyl groups is 1. The summed E-state index contributed by atoms with van der Waals surface area (Å²) < 4.78 is 0. The average molecular weight is 235 g/mol. The van der Waals surface area contributed by atoms with E-state index in [0.717, 1.165) is 19.3 Å². The van der Waals surface area contributed by atoms with E-state index >= 15 is 0 Å². The summed E-state index contributed by atoms with van der Waals surface area (Å²) in [6.07, 6.45) is 11.7. The molecule has 1 aliphatic carbocycles. The lowest BCUT2D eigenvalue weighted by molar-refractivity contribution is 0.00408. The predicted octanol–water partition coefficient (Wildman–Crippen LogP) is 2.79. The van der Waals surface area contributed by atoms with Crippen LogP contribution >= 0.6 is 0 Å². The molecule has 1 aliphatic heterocycles. The van der Waals surface area contributed by atoms with E-state index in [1.165, 1.54) is 25.7 Å². The molecule has 1 saturated heterocycles. The molecule has 2 aliphatic rings. The molecule has 2 N–H and O–H groups in total. The Balaban J connectivity index is 2.14. The van der Waals surface area contributed by atoms with Crippen LogP contribution in [-0.2, 0) is 0 Å². The Morgan fingerprint density at radius 3 is 2.59 bits per heavy atom. The van der Waals surface area contributed by atoms with Crippen LogP contribution in [0.1, 0.15) is 44.9 Å². The zero-order valence-electron chi connectivity index (χ0n) is 10.7. The quantitative estimate of drug-likeness (QED) is 0.737. The maximum Gasteiger partial charge on any atom is 0.0620 e. The van der Waals surface area contributed by atoms with Gasteiger partial charge in [-0.2, -0.15) is 0 Å². The Morgan fingerprint density at radius 1 is 1.24 bits per heavy atom. The lowest BCUT2D eigenvalue weighted by Gasteiger charge is -2.51. The van der Waals surface area contributed by atoms with Gasteiger partial charge in [-0.05, 0) is 38.5 Å². The highest BCUT2D eigenvalue weighted by atomic mass is 16.3. The van der Waals surface area contributed by atoms with Gasteiger partial charge in [-0.25, -0.2) is 0 Å². The number of rotatable bonds is 3. The molecular weight excluding hydrogens is 210 g/mol. The van der Waals surface area contributed by atoms with E-state index < -0.39 is 0 Å². The van der Waals surface area contributed by atoms with Gasteiger partial charge in [0.05, 0.1) is 6.10 Å². The van der Waals surface area contributed by atoms with E-state index in [0.29, 0.717) is 6.04 Å². The molecule has 1 heterocycles. The van der Waals surface area contributed by atoms with Gasteiger partial charge in [-0.15, -0.1) is 13.2 Å². The van der Waals surface area contributed by atoms with Crippen LogP contribution in [0.5, 0.6) is 0 Å². The number of hydrogen-bond acceptors (Lipinski definition) is 2. The van der Waals surface area contributed by atoms with Crippen LogP contribution in [0.15, 0.2) is 25.3 Å². The summed E-state index contributed by atoms with van der Waals surface area (Å²) in [6.45, 7) is 7.77. The summed E-state index contributed by atoms with van der Waals surface area (Å²) in [6, 6.07) is 0.536. The third-order valence-electron chi connectivity index (χ3n) is 4.55. The van der Waals surface area contributed by atoms with Crippen LogP contribution < -0.4 is 5.32 Å². The molecule has 4 unspecified atom stereocenters. The van der Waals surface area contributed by atoms with Gasteiger partial charge in [0.1, 0.15) is 0 Å². The topological polar surface area (TPSA) is 32.3 Å². The van der Waals surface area contributed by atoms with Gasteiger partial charge in [0.25, 0.3) is 0 Å². The normalized spacial score (nSPS) is 42.3. The lowest BCUT2D eigenvalue weighted by atomic mass is 9.66. The molecule has 2 nitrogen and oxygen atoms in total. The molecule has 0 amide bonds. The predicted molar refractivity (Wildman–Crippen MR) is 71.9 cm³/mol. The van der Waals surface area contributed by atoms with Gasteiger partial charge < -0.3 is 10.4 Å². The molecule has 4 atom stereocenters. The Kier molecular flexibility index (Phi) is 4.05. The first-order valence-corrected chi connectivity index (χ1v) is 6.91. The van der Waals surface area contributed by atoms with Crippen molar-refractivity contribution in [3.63, 3.8) is 0 Å². The molecule has 2 rings (SSSR count). The summed E-state index contributed by atoms with van der Waals surface area (Å²) in [5.74, 6) is 0.212. The molecule has 0 aromatic carbocycles. The third-order valence-corrected chi connectivity index (χ3v) is 4.55. The van der Waals surface area contributed by atoms with Gasteiger partial charge in [0, 0.05) is 17.5 Å². The van der Waals surface area contributed by atoms with Crippen molar-refractivity contribution >= 4 is 0 Å². The molecule has 0 radical (unpaired) electrons. The van der Waals surface area contributed by atoms with Crippen molar-refractivity contribution < 1.29 is 5.11 Å². The van der Waals surface area contributed by atoms with Crippen molar-refractivity contribution in [2.24, 2.45) is 5.92 Å². The highest BCUT2D eigenvalue weighted by Crippen LogP contribution is 2.41.